The van der Waals surface area contributed by atoms with Crippen LogP contribution in [0, 0.1) is 0 Å². The summed E-state index contributed by atoms with van der Waals surface area (Å²) in [5.41, 5.74) is 3.60. The van der Waals surface area contributed by atoms with Crippen molar-refractivity contribution in [2.75, 3.05) is 11.9 Å². The smallest absolute Gasteiger partial charge is 0.226 e. The third kappa shape index (κ3) is 5.85. The van der Waals surface area contributed by atoms with E-state index in [1.54, 1.807) is 24.7 Å². The minimum absolute atomic E-state index is 0.0329. The lowest BCUT2D eigenvalue weighted by atomic mass is 9.91. The molecule has 43 heavy (non-hydrogen) atoms. The van der Waals surface area contributed by atoms with E-state index in [4.69, 9.17) is 25.8 Å². The van der Waals surface area contributed by atoms with E-state index >= 15 is 0 Å². The van der Waals surface area contributed by atoms with Crippen molar-refractivity contribution >= 4 is 40.1 Å². The Balaban J connectivity index is 1.31. The Kier molecular flexibility index (Phi) is 8.15. The molecule has 0 aliphatic carbocycles. The second-order valence-corrected chi connectivity index (χ2v) is 11.4. The number of nitrogens with zero attached hydrogens (tertiary/aromatic N) is 5. The van der Waals surface area contributed by atoms with Gasteiger partial charge < -0.3 is 24.7 Å². The minimum atomic E-state index is -0.940. The van der Waals surface area contributed by atoms with Gasteiger partial charge in [-0.25, -0.2) is 4.98 Å². The van der Waals surface area contributed by atoms with Crippen LogP contribution in [0.25, 0.3) is 11.2 Å². The zero-order chi connectivity index (χ0) is 30.1. The number of fused-ring (bicyclic) bond motifs is 2. The molecule has 0 bridgehead atoms. The molecule has 224 valence electrons. The van der Waals surface area contributed by atoms with Gasteiger partial charge in [-0.05, 0) is 43.0 Å². The average molecular weight is 605 g/mol. The number of halogens is 1. The van der Waals surface area contributed by atoms with E-state index in [2.05, 4.69) is 49.7 Å². The number of nitrogens with one attached hydrogen (secondary N) is 1. The highest BCUT2D eigenvalue weighted by molar-refractivity contribution is 6.28. The summed E-state index contributed by atoms with van der Waals surface area (Å²) in [7, 11) is 0. The normalized spacial score (nSPS) is 23.1. The molecule has 4 heterocycles. The lowest BCUT2D eigenvalue weighted by Gasteiger charge is -2.24. The number of carbonyl (C=O) groups is 1. The van der Waals surface area contributed by atoms with E-state index in [0.717, 1.165) is 11.1 Å². The SMILES string of the molecule is CC/C(CC(=O)C1OC(n2cnc3c(NCC(c4ccccc4)c4ccccc4)nc(Cl)nc32)C2OC(C)(C)OC12)=N/O. The summed E-state index contributed by atoms with van der Waals surface area (Å²) in [6, 6.07) is 20.5. The predicted molar refractivity (Wildman–Crippen MR) is 160 cm³/mol. The maximum absolute atomic E-state index is 13.3. The maximum atomic E-state index is 13.3. The van der Waals surface area contributed by atoms with Gasteiger partial charge in [-0.3, -0.25) is 9.36 Å². The first-order chi connectivity index (χ1) is 20.8. The number of imidazole rings is 1. The van der Waals surface area contributed by atoms with Crippen molar-refractivity contribution in [3.63, 3.8) is 0 Å². The number of Topliss-reactive ketones (excluding diaryl/α,β-unsaturated/α-hetero) is 1. The van der Waals surface area contributed by atoms with E-state index in [1.807, 2.05) is 43.3 Å². The summed E-state index contributed by atoms with van der Waals surface area (Å²) in [6.07, 6.45) is -1.05. The molecular formula is C31H33ClN6O5. The van der Waals surface area contributed by atoms with Gasteiger partial charge >= 0.3 is 0 Å². The molecule has 4 unspecified atom stereocenters. The van der Waals surface area contributed by atoms with Crippen molar-refractivity contribution in [2.45, 2.75) is 69.9 Å². The zero-order valence-corrected chi connectivity index (χ0v) is 24.8. The third-order valence-corrected chi connectivity index (χ3v) is 7.99. The Morgan fingerprint density at radius 3 is 2.35 bits per heavy atom. The fraction of sp³-hybridized carbons (Fsp3) is 0.387. The van der Waals surface area contributed by atoms with Gasteiger partial charge in [-0.1, -0.05) is 72.7 Å². The largest absolute Gasteiger partial charge is 0.411 e. The molecule has 4 aromatic rings. The molecule has 12 heteroatoms. The van der Waals surface area contributed by atoms with Crippen LogP contribution >= 0.6 is 11.6 Å². The van der Waals surface area contributed by atoms with Crippen molar-refractivity contribution in [3.8, 4) is 0 Å². The Morgan fingerprint density at radius 2 is 1.72 bits per heavy atom. The number of carbonyl (C=O) groups excluding carboxylic acids is 1. The predicted octanol–water partition coefficient (Wildman–Crippen LogP) is 5.34. The van der Waals surface area contributed by atoms with Gasteiger partial charge in [-0.15, -0.1) is 0 Å². The Morgan fingerprint density at radius 1 is 1.07 bits per heavy atom. The molecule has 2 aliphatic rings. The van der Waals surface area contributed by atoms with Gasteiger partial charge in [0.05, 0.1) is 18.5 Å². The van der Waals surface area contributed by atoms with Gasteiger partial charge in [-0.2, -0.15) is 9.97 Å². The summed E-state index contributed by atoms with van der Waals surface area (Å²) in [5.74, 6) is -0.682. The van der Waals surface area contributed by atoms with Gasteiger partial charge in [0.25, 0.3) is 0 Å². The molecular weight excluding hydrogens is 572 g/mol. The molecule has 0 radical (unpaired) electrons. The molecule has 6 rings (SSSR count). The highest BCUT2D eigenvalue weighted by Gasteiger charge is 2.58. The molecule has 2 aromatic carbocycles. The van der Waals surface area contributed by atoms with E-state index < -0.39 is 30.3 Å². The highest BCUT2D eigenvalue weighted by Crippen LogP contribution is 2.44. The van der Waals surface area contributed by atoms with Crippen molar-refractivity contribution in [1.82, 2.24) is 19.5 Å². The van der Waals surface area contributed by atoms with Gasteiger partial charge in [0.2, 0.25) is 5.28 Å². The Hall–Kier alpha value is -3.90. The van der Waals surface area contributed by atoms with Crippen LogP contribution in [0.4, 0.5) is 5.82 Å². The first kappa shape index (κ1) is 29.2. The van der Waals surface area contributed by atoms with Crippen LogP contribution in [0.3, 0.4) is 0 Å². The van der Waals surface area contributed by atoms with Crippen molar-refractivity contribution in [3.05, 3.63) is 83.4 Å². The number of hydrogen-bond donors (Lipinski definition) is 2. The van der Waals surface area contributed by atoms with E-state index in [9.17, 15) is 10.0 Å². The Bertz CT molecular complexity index is 1590. The molecule has 2 N–H and O–H groups in total. The molecule has 2 aromatic heterocycles. The number of hydrogen-bond acceptors (Lipinski definition) is 10. The summed E-state index contributed by atoms with van der Waals surface area (Å²) < 4.78 is 20.3. The van der Waals surface area contributed by atoms with Gasteiger partial charge in [0.1, 0.15) is 18.3 Å². The van der Waals surface area contributed by atoms with Gasteiger partial charge in [0.15, 0.2) is 34.8 Å². The number of ether oxygens (including phenoxy) is 3. The zero-order valence-electron chi connectivity index (χ0n) is 24.1. The summed E-state index contributed by atoms with van der Waals surface area (Å²) in [6.45, 7) is 5.93. The maximum Gasteiger partial charge on any atom is 0.226 e. The number of aromatic nitrogens is 4. The molecule has 0 saturated carbocycles. The molecule has 2 saturated heterocycles. The molecule has 2 aliphatic heterocycles. The van der Waals surface area contributed by atoms with Crippen molar-refractivity contribution in [1.29, 1.82) is 0 Å². The standard InChI is InChI=1S/C31H33ClN6O5/c1-4-20(37-40)15-22(39)24-25-26(43-31(2,3)42-25)29(41-24)38-17-34-23-27(35-30(32)36-28(23)38)33-16-21(18-11-7-5-8-12-18)19-13-9-6-10-14-19/h5-14,17,21,24-26,29,40H,4,15-16H2,1-3H3,(H,33,35,36)/b37-20-. The first-order valence-corrected chi connectivity index (χ1v) is 14.6. The molecule has 2 fully saturated rings. The number of ketones is 1. The highest BCUT2D eigenvalue weighted by atomic mass is 35.5. The second-order valence-electron chi connectivity index (χ2n) is 11.1. The van der Waals surface area contributed by atoms with Crippen LogP contribution in [0.15, 0.2) is 72.1 Å². The quantitative estimate of drug-likeness (QED) is 0.106. The number of rotatable bonds is 10. The fourth-order valence-electron chi connectivity index (χ4n) is 5.79. The summed E-state index contributed by atoms with van der Waals surface area (Å²) >= 11 is 6.44. The molecule has 0 spiro atoms. The van der Waals surface area contributed by atoms with Gasteiger partial charge in [0, 0.05) is 12.5 Å². The lowest BCUT2D eigenvalue weighted by molar-refractivity contribution is -0.196. The van der Waals surface area contributed by atoms with Crippen LogP contribution in [-0.4, -0.2) is 66.9 Å². The monoisotopic (exact) mass is 604 g/mol. The van der Waals surface area contributed by atoms with Crippen molar-refractivity contribution < 1.29 is 24.2 Å². The lowest BCUT2D eigenvalue weighted by Crippen LogP contribution is -2.36. The van der Waals surface area contributed by atoms with Crippen LogP contribution in [0.2, 0.25) is 5.28 Å². The van der Waals surface area contributed by atoms with E-state index in [1.165, 1.54) is 0 Å². The minimum Gasteiger partial charge on any atom is -0.411 e. The average Bonchev–Trinajstić information content (AvgIpc) is 3.67. The second kappa shape index (κ2) is 12.0. The first-order valence-electron chi connectivity index (χ1n) is 14.3. The molecule has 0 amide bonds. The van der Waals surface area contributed by atoms with Crippen LogP contribution in [0.5, 0.6) is 0 Å². The summed E-state index contributed by atoms with van der Waals surface area (Å²) in [4.78, 5) is 26.8. The van der Waals surface area contributed by atoms with E-state index in [0.29, 0.717) is 35.7 Å². The molecule has 11 nitrogen and oxygen atoms in total. The van der Waals surface area contributed by atoms with Crippen LogP contribution in [-0.2, 0) is 19.0 Å². The topological polar surface area (TPSA) is 133 Å². The molecule has 4 atom stereocenters. The van der Waals surface area contributed by atoms with Crippen molar-refractivity contribution in [2.24, 2.45) is 5.16 Å². The Labute approximate surface area is 253 Å². The van der Waals surface area contributed by atoms with E-state index in [-0.39, 0.29) is 23.4 Å². The third-order valence-electron chi connectivity index (χ3n) is 7.82. The number of oxime groups is 1. The number of anilines is 1. The van der Waals surface area contributed by atoms with Crippen LogP contribution in [0.1, 0.15) is 56.9 Å². The fourth-order valence-corrected chi connectivity index (χ4v) is 5.95. The number of benzene rings is 2. The summed E-state index contributed by atoms with van der Waals surface area (Å²) in [5, 5.41) is 16.0. The van der Waals surface area contributed by atoms with Crippen LogP contribution < -0.4 is 5.32 Å².